The molecule has 0 N–H and O–H groups in total. The fourth-order valence-corrected chi connectivity index (χ4v) is 2.29. The van der Waals surface area contributed by atoms with E-state index in [9.17, 15) is 13.2 Å². The smallest absolute Gasteiger partial charge is 0.240 e. The number of rotatable bonds is 1. The Morgan fingerprint density at radius 3 is 2.39 bits per heavy atom. The number of aromatic nitrogens is 2. The Balaban J connectivity index is 2.87. The third kappa shape index (κ3) is 2.34. The van der Waals surface area contributed by atoms with Crippen LogP contribution in [0.4, 0.5) is 13.2 Å². The van der Waals surface area contributed by atoms with Crippen molar-refractivity contribution in [1.29, 1.82) is 0 Å². The van der Waals surface area contributed by atoms with E-state index in [4.69, 9.17) is 0 Å². The van der Waals surface area contributed by atoms with Crippen molar-refractivity contribution in [2.24, 2.45) is 0 Å². The molecule has 0 radical (unpaired) electrons. The van der Waals surface area contributed by atoms with Gasteiger partial charge < -0.3 is 0 Å². The largest absolute Gasteiger partial charge is 0.418 e. The third-order valence-electron chi connectivity index (χ3n) is 2.59. The minimum Gasteiger partial charge on any atom is -0.240 e. The lowest BCUT2D eigenvalue weighted by molar-refractivity contribution is -0.136. The molecule has 0 atom stereocenters. The molecule has 0 aliphatic carbocycles. The van der Waals surface area contributed by atoms with Crippen molar-refractivity contribution in [3.63, 3.8) is 0 Å². The Bertz CT molecular complexity index is 594. The van der Waals surface area contributed by atoms with Gasteiger partial charge in [-0.1, -0.05) is 29.8 Å². The van der Waals surface area contributed by atoms with Gasteiger partial charge in [-0.15, -0.1) is 0 Å². The lowest BCUT2D eigenvalue weighted by Crippen LogP contribution is -2.08. The molecule has 0 unspecified atom stereocenters. The maximum Gasteiger partial charge on any atom is 0.418 e. The van der Waals surface area contributed by atoms with E-state index in [0.29, 0.717) is 15.6 Å². The van der Waals surface area contributed by atoms with Crippen LogP contribution in [0.15, 0.2) is 22.9 Å². The zero-order valence-corrected chi connectivity index (χ0v) is 11.3. The van der Waals surface area contributed by atoms with Gasteiger partial charge in [-0.2, -0.15) is 13.2 Å². The van der Waals surface area contributed by atoms with Crippen LogP contribution in [0, 0.1) is 0 Å². The van der Waals surface area contributed by atoms with E-state index in [2.05, 4.69) is 25.9 Å². The van der Waals surface area contributed by atoms with E-state index in [0.717, 1.165) is 6.07 Å². The van der Waals surface area contributed by atoms with Crippen molar-refractivity contribution in [3.8, 4) is 0 Å². The number of fused-ring (bicyclic) bond motifs is 1. The molecule has 1 heterocycles. The van der Waals surface area contributed by atoms with Crippen LogP contribution < -0.4 is 0 Å². The van der Waals surface area contributed by atoms with Crippen LogP contribution in [0.3, 0.4) is 0 Å². The number of benzene rings is 1. The van der Waals surface area contributed by atoms with Crippen molar-refractivity contribution >= 4 is 26.8 Å². The summed E-state index contributed by atoms with van der Waals surface area (Å²) < 4.78 is 39.2. The van der Waals surface area contributed by atoms with Crippen LogP contribution in [-0.2, 0) is 6.18 Å². The van der Waals surface area contributed by atoms with Crippen LogP contribution in [0.1, 0.15) is 31.0 Å². The molecule has 0 saturated carbocycles. The Kier molecular flexibility index (Phi) is 3.31. The first-order valence-electron chi connectivity index (χ1n) is 5.32. The van der Waals surface area contributed by atoms with Crippen molar-refractivity contribution < 1.29 is 13.2 Å². The molecule has 18 heavy (non-hydrogen) atoms. The fraction of sp³-hybridized carbons (Fsp3) is 0.333. The lowest BCUT2D eigenvalue weighted by atomic mass is 10.0. The summed E-state index contributed by atoms with van der Waals surface area (Å²) in [5.41, 5.74) is -0.174. The Hall–Kier alpha value is -1.17. The zero-order valence-electron chi connectivity index (χ0n) is 9.72. The van der Waals surface area contributed by atoms with E-state index in [1.54, 1.807) is 6.07 Å². The number of alkyl halides is 3. The molecule has 1 aromatic heterocycles. The normalized spacial score (nSPS) is 12.4. The summed E-state index contributed by atoms with van der Waals surface area (Å²) in [5, 5.41) is 0.439. The summed E-state index contributed by atoms with van der Waals surface area (Å²) in [6.45, 7) is 3.77. The number of nitrogens with zero attached hydrogens (tertiary/aromatic N) is 2. The zero-order chi connectivity index (χ0) is 13.5. The van der Waals surface area contributed by atoms with Crippen LogP contribution in [0.5, 0.6) is 0 Å². The molecule has 0 amide bonds. The molecular weight excluding hydrogens is 309 g/mol. The van der Waals surface area contributed by atoms with Gasteiger partial charge in [0.05, 0.1) is 16.8 Å². The molecule has 0 aliphatic heterocycles. The topological polar surface area (TPSA) is 25.8 Å². The second kappa shape index (κ2) is 4.50. The number of hydrogen-bond donors (Lipinski definition) is 0. The number of halogens is 4. The van der Waals surface area contributed by atoms with Gasteiger partial charge in [0.15, 0.2) is 0 Å². The van der Waals surface area contributed by atoms with E-state index in [1.807, 2.05) is 13.8 Å². The minimum atomic E-state index is -4.43. The van der Waals surface area contributed by atoms with Gasteiger partial charge in [0.25, 0.3) is 0 Å². The molecule has 0 bridgehead atoms. The van der Waals surface area contributed by atoms with Gasteiger partial charge in [-0.25, -0.2) is 9.97 Å². The first-order valence-corrected chi connectivity index (χ1v) is 6.11. The summed E-state index contributed by atoms with van der Waals surface area (Å²) in [6.07, 6.45) is -3.24. The van der Waals surface area contributed by atoms with Gasteiger partial charge in [-0.3, -0.25) is 0 Å². The molecule has 1 aromatic carbocycles. The third-order valence-corrected chi connectivity index (χ3v) is 3.04. The summed E-state index contributed by atoms with van der Waals surface area (Å²) in [7, 11) is 0. The van der Waals surface area contributed by atoms with E-state index >= 15 is 0 Å². The van der Waals surface area contributed by atoms with Gasteiger partial charge >= 0.3 is 6.18 Å². The summed E-state index contributed by atoms with van der Waals surface area (Å²) in [4.78, 5) is 7.85. The van der Waals surface area contributed by atoms with Crippen LogP contribution in [0.2, 0.25) is 0 Å². The van der Waals surface area contributed by atoms with Gasteiger partial charge in [-0.05, 0) is 18.1 Å². The molecular formula is C12H10BrF3N2. The summed E-state index contributed by atoms with van der Waals surface area (Å²) >= 11 is 3.10. The standard InChI is InChI=1S/C12H10BrF3N2/c1-6(2)10-8-3-7(13)4-9(12(14,15)16)11(8)18-5-17-10/h3-6H,1-2H3. The van der Waals surface area contributed by atoms with E-state index < -0.39 is 11.7 Å². The molecule has 0 fully saturated rings. The maximum absolute atomic E-state index is 12.9. The predicted octanol–water partition coefficient (Wildman–Crippen LogP) is 4.53. The Labute approximate surface area is 110 Å². The Morgan fingerprint density at radius 1 is 1.17 bits per heavy atom. The highest BCUT2D eigenvalue weighted by atomic mass is 79.9. The highest BCUT2D eigenvalue weighted by Crippen LogP contribution is 2.37. The minimum absolute atomic E-state index is 0.0332. The molecule has 0 spiro atoms. The van der Waals surface area contributed by atoms with Crippen molar-refractivity contribution in [2.75, 3.05) is 0 Å². The molecule has 2 aromatic rings. The summed E-state index contributed by atoms with van der Waals surface area (Å²) in [6, 6.07) is 2.67. The molecule has 0 saturated heterocycles. The van der Waals surface area contributed by atoms with Gasteiger partial charge in [0, 0.05) is 9.86 Å². The first-order chi connectivity index (χ1) is 8.30. The van der Waals surface area contributed by atoms with Crippen molar-refractivity contribution in [2.45, 2.75) is 25.9 Å². The van der Waals surface area contributed by atoms with Crippen LogP contribution in [0.25, 0.3) is 10.9 Å². The lowest BCUT2D eigenvalue weighted by Gasteiger charge is -2.13. The Morgan fingerprint density at radius 2 is 1.83 bits per heavy atom. The van der Waals surface area contributed by atoms with Gasteiger partial charge in [0.1, 0.15) is 6.33 Å². The van der Waals surface area contributed by atoms with E-state index in [-0.39, 0.29) is 11.4 Å². The summed E-state index contributed by atoms with van der Waals surface area (Å²) in [5.74, 6) is 0.0332. The van der Waals surface area contributed by atoms with Crippen molar-refractivity contribution in [3.05, 3.63) is 34.2 Å². The monoisotopic (exact) mass is 318 g/mol. The molecule has 2 nitrogen and oxygen atoms in total. The molecule has 6 heteroatoms. The van der Waals surface area contributed by atoms with Gasteiger partial charge in [0.2, 0.25) is 0 Å². The second-order valence-electron chi connectivity index (χ2n) is 4.26. The highest BCUT2D eigenvalue weighted by molar-refractivity contribution is 9.10. The quantitative estimate of drug-likeness (QED) is 0.771. The average molecular weight is 319 g/mol. The SMILES string of the molecule is CC(C)c1ncnc2c(C(F)(F)F)cc(Br)cc12. The van der Waals surface area contributed by atoms with Crippen LogP contribution >= 0.6 is 15.9 Å². The first kappa shape index (κ1) is 13.3. The van der Waals surface area contributed by atoms with Crippen molar-refractivity contribution in [1.82, 2.24) is 9.97 Å². The molecule has 0 aliphatic rings. The fourth-order valence-electron chi connectivity index (χ4n) is 1.83. The van der Waals surface area contributed by atoms with Crippen LogP contribution in [-0.4, -0.2) is 9.97 Å². The maximum atomic E-state index is 12.9. The number of hydrogen-bond acceptors (Lipinski definition) is 2. The highest BCUT2D eigenvalue weighted by Gasteiger charge is 2.34. The predicted molar refractivity (Wildman–Crippen MR) is 66.3 cm³/mol. The van der Waals surface area contributed by atoms with E-state index in [1.165, 1.54) is 6.33 Å². The second-order valence-corrected chi connectivity index (χ2v) is 5.18. The average Bonchev–Trinajstić information content (AvgIpc) is 2.25. The molecule has 96 valence electrons. The molecule has 2 rings (SSSR count).